The Morgan fingerprint density at radius 1 is 0.737 bits per heavy atom. The van der Waals surface area contributed by atoms with Crippen molar-refractivity contribution in [3.05, 3.63) is 0 Å². The Morgan fingerprint density at radius 2 is 1.00 bits per heavy atom. The summed E-state index contributed by atoms with van der Waals surface area (Å²) in [6.07, 6.45) is 16.2. The predicted octanol–water partition coefficient (Wildman–Crippen LogP) is 3.96. The van der Waals surface area contributed by atoms with Gasteiger partial charge in [0.25, 0.3) is 0 Å². The Kier molecular flexibility index (Phi) is 20.2. The molecular formula is C13H30NaO4P. The van der Waals surface area contributed by atoms with Crippen molar-refractivity contribution in [2.75, 3.05) is 0 Å². The zero-order chi connectivity index (χ0) is 15.0. The molecule has 112 valence electrons. The Labute approximate surface area is 136 Å². The fourth-order valence-corrected chi connectivity index (χ4v) is 2.41. The summed E-state index contributed by atoms with van der Waals surface area (Å²) in [4.78, 5) is 21.6. The van der Waals surface area contributed by atoms with Crippen LogP contribution in [0, 0.1) is 0 Å². The second-order valence-corrected chi connectivity index (χ2v) is 7.08. The van der Waals surface area contributed by atoms with Gasteiger partial charge in [-0.05, 0) is 0 Å². The molecule has 3 N–H and O–H groups in total. The van der Waals surface area contributed by atoms with E-state index in [9.17, 15) is 0 Å². The molecule has 0 spiro atoms. The molecular weight excluding hydrogens is 274 g/mol. The van der Waals surface area contributed by atoms with Crippen molar-refractivity contribution < 1.29 is 19.2 Å². The van der Waals surface area contributed by atoms with E-state index in [-0.39, 0.29) is 0 Å². The summed E-state index contributed by atoms with van der Waals surface area (Å²) in [5.41, 5.74) is 0. The zero-order valence-corrected chi connectivity index (χ0v) is 15.6. The Morgan fingerprint density at radius 3 is 1.26 bits per heavy atom. The Balaban J connectivity index is 0. The van der Waals surface area contributed by atoms with Crippen molar-refractivity contribution in [1.29, 1.82) is 0 Å². The molecule has 0 rings (SSSR count). The molecule has 0 unspecified atom stereocenters. The number of unbranched alkanes of at least 4 members (excludes halogenated alkanes) is 10. The van der Waals surface area contributed by atoms with Gasteiger partial charge in [0.2, 0.25) is 0 Å². The van der Waals surface area contributed by atoms with Gasteiger partial charge in [-0.15, -0.1) is 0 Å². The van der Waals surface area contributed by atoms with E-state index < -0.39 is 7.82 Å². The molecule has 0 atom stereocenters. The van der Waals surface area contributed by atoms with Gasteiger partial charge in [0.1, 0.15) is 0 Å². The fraction of sp³-hybridized carbons (Fsp3) is 1.00. The van der Waals surface area contributed by atoms with Crippen molar-refractivity contribution in [2.24, 2.45) is 0 Å². The molecule has 0 radical (unpaired) electrons. The van der Waals surface area contributed by atoms with Crippen LogP contribution in [-0.2, 0) is 4.57 Å². The third-order valence-electron chi connectivity index (χ3n) is 2.96. The van der Waals surface area contributed by atoms with Gasteiger partial charge < -0.3 is 14.7 Å². The number of phosphoric acid groups is 1. The van der Waals surface area contributed by atoms with E-state index in [0.29, 0.717) is 0 Å². The maximum Gasteiger partial charge on any atom is 0.466 e. The minimum Gasteiger partial charge on any atom is -0.303 e. The molecule has 0 aromatic heterocycles. The van der Waals surface area contributed by atoms with Crippen LogP contribution in [0.2, 0.25) is 3.67 Å². The summed E-state index contributed by atoms with van der Waals surface area (Å²) < 4.78 is 10.4. The van der Waals surface area contributed by atoms with Gasteiger partial charge in [-0.3, -0.25) is 0 Å². The van der Waals surface area contributed by atoms with Crippen molar-refractivity contribution in [3.8, 4) is 0 Å². The molecule has 0 aromatic carbocycles. The van der Waals surface area contributed by atoms with Crippen molar-refractivity contribution >= 4 is 35.8 Å². The maximum atomic E-state index is 8.88. The molecule has 0 aliphatic rings. The van der Waals surface area contributed by atoms with Crippen LogP contribution >= 0.6 is 7.82 Å². The summed E-state index contributed by atoms with van der Waals surface area (Å²) >= 11 is 1.41. The average molecular weight is 304 g/mol. The summed E-state index contributed by atoms with van der Waals surface area (Å²) in [5.74, 6) is 0. The summed E-state index contributed by atoms with van der Waals surface area (Å²) in [5, 5.41) is 0. The Hall–Kier alpha value is 1.11. The largest absolute Gasteiger partial charge is 0.466 e. The van der Waals surface area contributed by atoms with Gasteiger partial charge in [-0.25, -0.2) is 4.57 Å². The van der Waals surface area contributed by atoms with Crippen LogP contribution in [0.1, 0.15) is 77.6 Å². The maximum absolute atomic E-state index is 8.88. The van der Waals surface area contributed by atoms with Gasteiger partial charge in [0, 0.05) is 0 Å². The molecule has 0 fully saturated rings. The van der Waals surface area contributed by atoms with Crippen molar-refractivity contribution in [3.63, 3.8) is 0 Å². The summed E-state index contributed by atoms with van der Waals surface area (Å²) in [6.45, 7) is 2.29. The fourth-order valence-electron chi connectivity index (χ4n) is 1.91. The first-order valence-electron chi connectivity index (χ1n) is 7.70. The first-order valence-corrected chi connectivity index (χ1v) is 10.7. The molecule has 0 aliphatic carbocycles. The number of hydrogen-bond donors (Lipinski definition) is 3. The predicted molar refractivity (Wildman–Crippen MR) is 81.3 cm³/mol. The van der Waals surface area contributed by atoms with Crippen LogP contribution < -0.4 is 0 Å². The van der Waals surface area contributed by atoms with Gasteiger partial charge in [0.05, 0.1) is 0 Å². The van der Waals surface area contributed by atoms with E-state index in [1.54, 1.807) is 0 Å². The first kappa shape index (κ1) is 22.4. The second-order valence-electron chi connectivity index (χ2n) is 5.05. The molecule has 0 bridgehead atoms. The standard InChI is InChI=1S/C13H27.Na.H3O4P/c1-3-5-7-9-11-13-12-10-8-6-4-2;;1-5(2,3)4/h1,3-13H2,2H3;;(H3,1,2,3,4). The SMILES string of the molecule is CCCCCCCCCCCC[CH2][Na].O=P(O)(O)O. The van der Waals surface area contributed by atoms with Crippen LogP contribution in [-0.4, -0.2) is 42.6 Å². The third-order valence-corrected chi connectivity index (χ3v) is 3.66. The topological polar surface area (TPSA) is 77.8 Å². The van der Waals surface area contributed by atoms with E-state index in [2.05, 4.69) is 6.92 Å². The van der Waals surface area contributed by atoms with E-state index in [1.807, 2.05) is 0 Å². The average Bonchev–Trinajstić information content (AvgIpc) is 2.29. The van der Waals surface area contributed by atoms with Gasteiger partial charge in [-0.1, -0.05) is 6.92 Å². The van der Waals surface area contributed by atoms with E-state index in [0.717, 1.165) is 0 Å². The van der Waals surface area contributed by atoms with Gasteiger partial charge in [-0.2, -0.15) is 0 Å². The molecule has 0 saturated carbocycles. The quantitative estimate of drug-likeness (QED) is 0.307. The second kappa shape index (κ2) is 17.2. The molecule has 0 aliphatic heterocycles. The zero-order valence-electron chi connectivity index (χ0n) is 12.7. The van der Waals surface area contributed by atoms with Gasteiger partial charge >= 0.3 is 110 Å². The summed E-state index contributed by atoms with van der Waals surface area (Å²) in [6, 6.07) is 0. The smallest absolute Gasteiger partial charge is 0.303 e. The van der Waals surface area contributed by atoms with Crippen molar-refractivity contribution in [1.82, 2.24) is 0 Å². The van der Waals surface area contributed by atoms with E-state index >= 15 is 0 Å². The molecule has 0 saturated heterocycles. The molecule has 0 amide bonds. The van der Waals surface area contributed by atoms with Crippen LogP contribution in [0.25, 0.3) is 0 Å². The molecule has 4 nitrogen and oxygen atoms in total. The van der Waals surface area contributed by atoms with E-state index in [1.165, 1.54) is 102 Å². The normalized spacial score (nSPS) is 11.1. The van der Waals surface area contributed by atoms with Crippen LogP contribution in [0.4, 0.5) is 0 Å². The number of hydrogen-bond acceptors (Lipinski definition) is 1. The minimum absolute atomic E-state index is 1.38. The number of rotatable bonds is 11. The van der Waals surface area contributed by atoms with E-state index in [4.69, 9.17) is 19.2 Å². The van der Waals surface area contributed by atoms with Crippen molar-refractivity contribution in [2.45, 2.75) is 81.2 Å². The molecule has 0 heterocycles. The van der Waals surface area contributed by atoms with Crippen LogP contribution in [0.5, 0.6) is 0 Å². The molecule has 6 heteroatoms. The van der Waals surface area contributed by atoms with Crippen LogP contribution in [0.15, 0.2) is 0 Å². The van der Waals surface area contributed by atoms with Gasteiger partial charge in [0.15, 0.2) is 0 Å². The third kappa shape index (κ3) is 38.1. The minimum atomic E-state index is -4.64. The Bertz CT molecular complexity index is 189. The molecule has 0 aromatic rings. The molecule has 19 heavy (non-hydrogen) atoms. The first-order chi connectivity index (χ1) is 8.91. The summed E-state index contributed by atoms with van der Waals surface area (Å²) in [7, 11) is -4.64. The monoisotopic (exact) mass is 304 g/mol. The van der Waals surface area contributed by atoms with Crippen LogP contribution in [0.3, 0.4) is 0 Å².